The van der Waals surface area contributed by atoms with Crippen LogP contribution in [0.5, 0.6) is 5.75 Å². The second-order valence-corrected chi connectivity index (χ2v) is 5.52. The summed E-state index contributed by atoms with van der Waals surface area (Å²) in [5, 5.41) is 0.496. The van der Waals surface area contributed by atoms with Gasteiger partial charge in [-0.3, -0.25) is 0 Å². The molecule has 2 aromatic rings. The van der Waals surface area contributed by atoms with Crippen LogP contribution in [-0.2, 0) is 17.7 Å². The summed E-state index contributed by atoms with van der Waals surface area (Å²) in [6.45, 7) is 0.256. The number of hydrogen-bond donors (Lipinski definition) is 1. The number of rotatable bonds is 4. The van der Waals surface area contributed by atoms with E-state index >= 15 is 0 Å². The molecule has 0 saturated heterocycles. The van der Waals surface area contributed by atoms with Crippen LogP contribution in [0.3, 0.4) is 0 Å². The van der Waals surface area contributed by atoms with Crippen LogP contribution in [0.25, 0.3) is 0 Å². The summed E-state index contributed by atoms with van der Waals surface area (Å²) >= 11 is 9.57. The average Bonchev–Trinajstić information content (AvgIpc) is 2.38. The Morgan fingerprint density at radius 2 is 1.80 bits per heavy atom. The Bertz CT molecular complexity index is 608. The normalized spacial score (nSPS) is 11.6. The molecule has 1 unspecified atom stereocenters. The summed E-state index contributed by atoms with van der Waals surface area (Å²) in [6.07, 6.45) is 0. The van der Waals surface area contributed by atoms with Crippen LogP contribution in [0.2, 0.25) is 10.0 Å². The maximum absolute atomic E-state index is 11.3. The van der Waals surface area contributed by atoms with Crippen molar-refractivity contribution in [2.45, 2.75) is 11.5 Å². The molecule has 1 atom stereocenters. The van der Waals surface area contributed by atoms with Crippen molar-refractivity contribution >= 4 is 34.3 Å². The number of hydrogen-bond acceptors (Lipinski definition) is 2. The van der Waals surface area contributed by atoms with Gasteiger partial charge in [-0.1, -0.05) is 53.5 Å². The van der Waals surface area contributed by atoms with Crippen LogP contribution < -0.4 is 34.3 Å². The zero-order chi connectivity index (χ0) is 13.8. The topological polar surface area (TPSA) is 46.5 Å². The van der Waals surface area contributed by atoms with Crippen LogP contribution in [0.4, 0.5) is 0 Å². The van der Waals surface area contributed by atoms with E-state index in [1.807, 2.05) is 30.3 Å². The molecule has 0 spiro atoms. The van der Waals surface area contributed by atoms with Gasteiger partial charge in [0.2, 0.25) is 0 Å². The van der Waals surface area contributed by atoms with E-state index in [9.17, 15) is 8.76 Å². The van der Waals surface area contributed by atoms with Crippen LogP contribution in [-0.4, -0.2) is 8.76 Å². The van der Waals surface area contributed by atoms with Crippen molar-refractivity contribution in [2.24, 2.45) is 0 Å². The van der Waals surface area contributed by atoms with E-state index in [1.54, 1.807) is 0 Å². The predicted molar refractivity (Wildman–Crippen MR) is 76.3 cm³/mol. The molecular formula is C13H10Cl2NaO3S+. The van der Waals surface area contributed by atoms with Crippen molar-refractivity contribution in [3.63, 3.8) is 0 Å². The second-order valence-electron chi connectivity index (χ2n) is 3.74. The minimum Gasteiger partial charge on any atom is -0.486 e. The first kappa shape index (κ1) is 18.0. The molecule has 0 aliphatic rings. The van der Waals surface area contributed by atoms with Crippen molar-refractivity contribution in [3.8, 4) is 5.75 Å². The fourth-order valence-electron chi connectivity index (χ4n) is 1.54. The van der Waals surface area contributed by atoms with Crippen molar-refractivity contribution in [3.05, 3.63) is 58.1 Å². The van der Waals surface area contributed by atoms with Gasteiger partial charge in [-0.15, -0.1) is 0 Å². The smallest absolute Gasteiger partial charge is 0.486 e. The predicted octanol–water partition coefficient (Wildman–Crippen LogP) is 1.16. The molecule has 2 aromatic carbocycles. The van der Waals surface area contributed by atoms with Crippen molar-refractivity contribution in [2.75, 3.05) is 0 Å². The van der Waals surface area contributed by atoms with Gasteiger partial charge in [0.1, 0.15) is 11.5 Å². The van der Waals surface area contributed by atoms with Gasteiger partial charge in [0.05, 0.1) is 5.02 Å². The van der Waals surface area contributed by atoms with E-state index in [4.69, 9.17) is 27.9 Å². The zero-order valence-corrected chi connectivity index (χ0v) is 15.0. The average molecular weight is 340 g/mol. The van der Waals surface area contributed by atoms with E-state index in [1.165, 1.54) is 12.1 Å². The third kappa shape index (κ3) is 4.74. The Morgan fingerprint density at radius 1 is 1.15 bits per heavy atom. The number of ether oxygens (including phenoxy) is 1. The Balaban J connectivity index is 0.00000200. The third-order valence-corrected chi connectivity index (χ3v) is 3.57. The fraction of sp³-hybridized carbons (Fsp3) is 0.0769. The minimum atomic E-state index is -2.21. The second kappa shape index (κ2) is 8.39. The first-order chi connectivity index (χ1) is 9.08. The van der Waals surface area contributed by atoms with Gasteiger partial charge < -0.3 is 9.29 Å². The van der Waals surface area contributed by atoms with Crippen molar-refractivity contribution < 1.29 is 43.1 Å². The molecule has 100 valence electrons. The molecule has 7 heteroatoms. The Morgan fingerprint density at radius 3 is 2.40 bits per heavy atom. The van der Waals surface area contributed by atoms with Gasteiger partial charge in [-0.05, 0) is 17.7 Å². The molecule has 20 heavy (non-hydrogen) atoms. The van der Waals surface area contributed by atoms with Gasteiger partial charge in [0, 0.05) is 5.02 Å². The standard InChI is InChI=1S/C13H10Cl2O3S.Na/c14-10-6-11(15)13(12(7-10)19(16)17)18-8-9-4-2-1-3-5-9;/h1-7H,8H2,(H,16,17);/q;+1. The summed E-state index contributed by atoms with van der Waals surface area (Å²) in [5.41, 5.74) is 0.934. The molecule has 2 rings (SSSR count). The van der Waals surface area contributed by atoms with E-state index in [0.717, 1.165) is 5.56 Å². The quantitative estimate of drug-likeness (QED) is 0.671. The monoisotopic (exact) mass is 339 g/mol. The largest absolute Gasteiger partial charge is 1.00 e. The summed E-state index contributed by atoms with van der Waals surface area (Å²) in [6, 6.07) is 12.3. The van der Waals surface area contributed by atoms with Gasteiger partial charge in [0.15, 0.2) is 16.8 Å². The molecule has 0 saturated carbocycles. The van der Waals surface area contributed by atoms with Crippen molar-refractivity contribution in [1.82, 2.24) is 0 Å². The molecule has 0 aliphatic carbocycles. The van der Waals surface area contributed by atoms with Gasteiger partial charge in [-0.25, -0.2) is 4.21 Å². The molecule has 0 aliphatic heterocycles. The molecular weight excluding hydrogens is 330 g/mol. The van der Waals surface area contributed by atoms with Crippen LogP contribution in [0.15, 0.2) is 47.4 Å². The van der Waals surface area contributed by atoms with E-state index in [2.05, 4.69) is 0 Å². The summed E-state index contributed by atoms with van der Waals surface area (Å²) in [7, 11) is 0. The van der Waals surface area contributed by atoms with Crippen LogP contribution >= 0.6 is 23.2 Å². The number of halogens is 2. The third-order valence-electron chi connectivity index (χ3n) is 2.39. The van der Waals surface area contributed by atoms with Crippen LogP contribution in [0, 0.1) is 0 Å². The fourth-order valence-corrected chi connectivity index (χ4v) is 2.76. The Kier molecular flexibility index (Phi) is 7.54. The van der Waals surface area contributed by atoms with E-state index < -0.39 is 11.1 Å². The SMILES string of the molecule is O=S(O)c1cc(Cl)cc(Cl)c1OCc1ccccc1.[Na+]. The van der Waals surface area contributed by atoms with Crippen molar-refractivity contribution in [1.29, 1.82) is 0 Å². The molecule has 3 nitrogen and oxygen atoms in total. The molecule has 0 radical (unpaired) electrons. The molecule has 0 fully saturated rings. The maximum Gasteiger partial charge on any atom is 1.00 e. The van der Waals surface area contributed by atoms with Gasteiger partial charge >= 0.3 is 29.6 Å². The molecule has 0 amide bonds. The Labute approximate surface area is 151 Å². The maximum atomic E-state index is 11.3. The first-order valence-electron chi connectivity index (χ1n) is 5.34. The number of benzene rings is 2. The summed E-state index contributed by atoms with van der Waals surface area (Å²) in [5.74, 6) is 0.177. The van der Waals surface area contributed by atoms with Crippen LogP contribution in [0.1, 0.15) is 5.56 Å². The molecule has 1 N–H and O–H groups in total. The zero-order valence-electron chi connectivity index (χ0n) is 10.7. The van der Waals surface area contributed by atoms with Gasteiger partial charge in [-0.2, -0.15) is 0 Å². The molecule has 0 aromatic heterocycles. The van der Waals surface area contributed by atoms with E-state index in [0.29, 0.717) is 0 Å². The summed E-state index contributed by atoms with van der Waals surface area (Å²) in [4.78, 5) is 0.0634. The van der Waals surface area contributed by atoms with Gasteiger partial charge in [0.25, 0.3) is 0 Å². The molecule has 0 bridgehead atoms. The first-order valence-corrected chi connectivity index (χ1v) is 7.21. The minimum absolute atomic E-state index is 0. The molecule has 0 heterocycles. The Hall–Kier alpha value is -0.0700. The summed E-state index contributed by atoms with van der Waals surface area (Å²) < 4.78 is 26.0. The van der Waals surface area contributed by atoms with E-state index in [-0.39, 0.29) is 56.9 Å².